The van der Waals surface area contributed by atoms with E-state index in [0.29, 0.717) is 22.3 Å². The van der Waals surface area contributed by atoms with Gasteiger partial charge in [-0.2, -0.15) is 0 Å². The van der Waals surface area contributed by atoms with Crippen LogP contribution in [0.25, 0.3) is 89.0 Å². The molecule has 0 aliphatic rings. The second kappa shape index (κ2) is 23.1. The molecule has 12 aromatic rings. The van der Waals surface area contributed by atoms with E-state index in [0.717, 1.165) is 114 Å². The van der Waals surface area contributed by atoms with E-state index in [1.54, 1.807) is 0 Å². The minimum absolute atomic E-state index is 0.655. The van der Waals surface area contributed by atoms with Crippen molar-refractivity contribution < 1.29 is 19.2 Å². The maximum absolute atomic E-state index is 11.4. The Morgan fingerprint density at radius 3 is 0.358 bits per heavy atom. The zero-order chi connectivity index (χ0) is 55.1. The Hall–Kier alpha value is -10.1. The van der Waals surface area contributed by atoms with Crippen molar-refractivity contribution in [2.75, 3.05) is 0 Å². The first-order valence-electron chi connectivity index (χ1n) is 27.0. The van der Waals surface area contributed by atoms with Gasteiger partial charge in [-0.25, -0.2) is 0 Å². The number of benzene rings is 12. The molecule has 0 atom stereocenters. The van der Waals surface area contributed by atoms with Crippen molar-refractivity contribution in [1.29, 1.82) is 0 Å². The normalized spacial score (nSPS) is 11.2. The van der Waals surface area contributed by atoms with E-state index in [2.05, 4.69) is 194 Å². The Labute approximate surface area is 474 Å². The molecule has 0 saturated carbocycles. The molecule has 0 N–H and O–H groups in total. The van der Waals surface area contributed by atoms with E-state index in [4.69, 9.17) is 0 Å². The summed E-state index contributed by atoms with van der Waals surface area (Å²) in [5.41, 5.74) is 20.1. The Morgan fingerprint density at radius 2 is 0.247 bits per heavy atom. The Bertz CT molecular complexity index is 3590. The summed E-state index contributed by atoms with van der Waals surface area (Å²) in [6, 6.07) is 102. The third-order valence-electron chi connectivity index (χ3n) is 15.7. The van der Waals surface area contributed by atoms with Crippen molar-refractivity contribution in [3.63, 3.8) is 0 Å². The van der Waals surface area contributed by atoms with Gasteiger partial charge in [0.25, 0.3) is 0 Å². The van der Waals surface area contributed by atoms with Gasteiger partial charge in [0.05, 0.1) is 0 Å². The van der Waals surface area contributed by atoms with E-state index < -0.39 is 13.3 Å². The van der Waals surface area contributed by atoms with Crippen LogP contribution in [0, 0.1) is 0 Å². The molecule has 5 heteroatoms. The van der Waals surface area contributed by atoms with Crippen LogP contribution < -0.4 is 17.6 Å². The van der Waals surface area contributed by atoms with Crippen LogP contribution in [-0.2, 0) is 0 Å². The molecule has 0 heterocycles. The average molecular weight is 1100 g/mol. The molecule has 0 saturated heterocycles. The van der Waals surface area contributed by atoms with Crippen LogP contribution >= 0.6 is 0 Å². The van der Waals surface area contributed by atoms with Gasteiger partial charge in [-0.1, -0.05) is 0 Å². The minimum atomic E-state index is -3.96. The van der Waals surface area contributed by atoms with E-state index in [-0.39, 0.29) is 0 Å². The van der Waals surface area contributed by atoms with Crippen LogP contribution in [-0.4, -0.2) is 38.4 Å². The molecule has 12 rings (SSSR count). The van der Waals surface area contributed by atoms with E-state index >= 15 is 0 Å². The second-order valence-corrected chi connectivity index (χ2v) is 28.3. The van der Waals surface area contributed by atoms with E-state index in [1.807, 2.05) is 97.1 Å². The van der Waals surface area contributed by atoms with Crippen LogP contribution in [0.15, 0.2) is 291 Å². The SMILES string of the molecule is O=Cc1ccc(-c2ccc(-c3cc[c]([Ge]([c]4ccc(-c5ccc(-c6ccc(C=O)cc6)cc5)cc4)([c]4ccc(-c5ccc(-c6ccc(C=O)cc6)cc5)cc4)[c]4ccc(-c5ccc(-c6ccc(C=O)cc6)cc5)cc4)cc3)cc2)cc1. The Kier molecular flexibility index (Phi) is 14.7. The molecule has 81 heavy (non-hydrogen) atoms. The molecule has 384 valence electrons. The molecule has 0 bridgehead atoms. The van der Waals surface area contributed by atoms with Gasteiger partial charge in [0, 0.05) is 0 Å². The van der Waals surface area contributed by atoms with Gasteiger partial charge in [-0.3, -0.25) is 19.2 Å². The fourth-order valence-electron chi connectivity index (χ4n) is 11.1. The van der Waals surface area contributed by atoms with Crippen LogP contribution in [0.1, 0.15) is 41.4 Å². The van der Waals surface area contributed by atoms with Crippen LogP contribution in [0.2, 0.25) is 0 Å². The molecule has 0 aromatic heterocycles. The molecular weight excluding hydrogens is 1050 g/mol. The summed E-state index contributed by atoms with van der Waals surface area (Å²) in [7, 11) is 0. The fraction of sp³-hybridized carbons (Fsp3) is 0. The molecular formula is C76H52GeO4. The third-order valence-corrected chi connectivity index (χ3v) is 25.7. The first-order chi connectivity index (χ1) is 39.9. The first-order valence-corrected chi connectivity index (χ1v) is 31.2. The zero-order valence-corrected chi connectivity index (χ0v) is 46.3. The standard InChI is InChI=1S/C76H52GeO4/c78-49-53-1-9-57(10-2-53)61-17-25-65(26-18-61)69-33-41-73(42-34-69)77(74-43-35-70(36-44-74)66-27-19-62(20-28-66)58-11-3-54(50-79)4-12-58,75-45-37-71(38-46-75)67-29-21-63(22-30-67)59-13-5-55(51-80)6-14-59)76-47-39-72(40-48-76)68-31-23-64(24-32-68)60-15-7-56(52-81)8-16-60/h1-52H. The summed E-state index contributed by atoms with van der Waals surface area (Å²) in [6.07, 6.45) is 3.48. The van der Waals surface area contributed by atoms with Crippen LogP contribution in [0.4, 0.5) is 0 Å². The van der Waals surface area contributed by atoms with Crippen LogP contribution in [0.5, 0.6) is 0 Å². The quantitative estimate of drug-likeness (QED) is 0.0714. The predicted molar refractivity (Wildman–Crippen MR) is 335 cm³/mol. The Morgan fingerprint density at radius 1 is 0.148 bits per heavy atom. The summed E-state index contributed by atoms with van der Waals surface area (Å²) in [5.74, 6) is 0. The van der Waals surface area contributed by atoms with Gasteiger partial charge in [0.15, 0.2) is 0 Å². The fourth-order valence-corrected chi connectivity index (χ4v) is 20.9. The van der Waals surface area contributed by atoms with Crippen LogP contribution in [0.3, 0.4) is 0 Å². The van der Waals surface area contributed by atoms with E-state index in [1.165, 1.54) is 17.6 Å². The van der Waals surface area contributed by atoms with Crippen molar-refractivity contribution in [2.24, 2.45) is 0 Å². The van der Waals surface area contributed by atoms with Crippen molar-refractivity contribution in [1.82, 2.24) is 0 Å². The average Bonchev–Trinajstić information content (AvgIpc) is 3.71. The second-order valence-electron chi connectivity index (χ2n) is 20.3. The summed E-state index contributed by atoms with van der Waals surface area (Å²) < 4.78 is 5.16. The Balaban J connectivity index is 0.961. The molecule has 0 amide bonds. The van der Waals surface area contributed by atoms with Crippen molar-refractivity contribution >= 4 is 56.0 Å². The van der Waals surface area contributed by atoms with Gasteiger partial charge in [-0.15, -0.1) is 0 Å². The molecule has 0 radical (unpaired) electrons. The number of carbonyl (C=O) groups is 4. The summed E-state index contributed by atoms with van der Waals surface area (Å²) in [4.78, 5) is 45.4. The predicted octanol–water partition coefficient (Wildman–Crippen LogP) is 15.6. The zero-order valence-electron chi connectivity index (χ0n) is 44.2. The number of aldehydes is 4. The molecule has 0 fully saturated rings. The summed E-state index contributed by atoms with van der Waals surface area (Å²) in [6.45, 7) is 0. The number of rotatable bonds is 16. The van der Waals surface area contributed by atoms with Gasteiger partial charge >= 0.3 is 433 Å². The number of hydrogen-bond acceptors (Lipinski definition) is 4. The maximum atomic E-state index is 11.4. The number of carbonyl (C=O) groups excluding carboxylic acids is 4. The molecule has 0 spiro atoms. The summed E-state index contributed by atoms with van der Waals surface area (Å²) >= 11 is -3.96. The molecule has 4 nitrogen and oxygen atoms in total. The monoisotopic (exact) mass is 1100 g/mol. The van der Waals surface area contributed by atoms with Gasteiger partial charge in [0.2, 0.25) is 0 Å². The summed E-state index contributed by atoms with van der Waals surface area (Å²) in [5, 5.41) is 0. The van der Waals surface area contributed by atoms with Crippen molar-refractivity contribution in [3.8, 4) is 89.0 Å². The molecule has 0 aliphatic heterocycles. The van der Waals surface area contributed by atoms with Crippen molar-refractivity contribution in [3.05, 3.63) is 313 Å². The van der Waals surface area contributed by atoms with Gasteiger partial charge in [0.1, 0.15) is 25.1 Å². The molecule has 12 aromatic carbocycles. The first kappa shape index (κ1) is 51.6. The third kappa shape index (κ3) is 10.6. The van der Waals surface area contributed by atoms with E-state index in [9.17, 15) is 19.2 Å². The van der Waals surface area contributed by atoms with Gasteiger partial charge in [-0.05, 0) is 0 Å². The van der Waals surface area contributed by atoms with Gasteiger partial charge < -0.3 is 0 Å². The number of hydrogen-bond donors (Lipinski definition) is 0. The molecule has 0 aliphatic carbocycles. The molecule has 0 unspecified atom stereocenters. The van der Waals surface area contributed by atoms with Crippen molar-refractivity contribution in [2.45, 2.75) is 0 Å². The topological polar surface area (TPSA) is 68.3 Å².